The molecule has 2 aromatic rings. The van der Waals surface area contributed by atoms with Crippen molar-refractivity contribution < 1.29 is 9.59 Å². The van der Waals surface area contributed by atoms with Crippen LogP contribution in [0, 0.1) is 5.92 Å². The summed E-state index contributed by atoms with van der Waals surface area (Å²) in [4.78, 5) is 25.7. The zero-order chi connectivity index (χ0) is 20.1. The summed E-state index contributed by atoms with van der Waals surface area (Å²) in [5, 5.41) is 9.27. The van der Waals surface area contributed by atoms with E-state index in [1.807, 2.05) is 63.2 Å². The predicted octanol–water partition coefficient (Wildman–Crippen LogP) is 3.14. The maximum Gasteiger partial charge on any atom is 0.243 e. The topological polar surface area (TPSA) is 70.2 Å². The molecule has 29 heavy (non-hydrogen) atoms. The lowest BCUT2D eigenvalue weighted by Crippen LogP contribution is -2.56. The summed E-state index contributed by atoms with van der Waals surface area (Å²) in [7, 11) is 0. The van der Waals surface area contributed by atoms with Crippen molar-refractivity contribution in [1.29, 1.82) is 0 Å². The average Bonchev–Trinajstić information content (AvgIpc) is 2.71. The molecule has 2 aromatic carbocycles. The lowest BCUT2D eigenvalue weighted by atomic mass is 9.94. The first-order valence-electron chi connectivity index (χ1n) is 9.91. The molecule has 1 aliphatic heterocycles. The van der Waals surface area contributed by atoms with Crippen molar-refractivity contribution in [1.82, 2.24) is 16.0 Å². The standard InChI is InChI=1S/C23H29N3O2.ClH/c1-15(2)21(23(28)25-16(3)17-9-5-4-6-10-17)26-22(27)20-13-18-11-7-8-12-19(18)14-24-20;/h4-12,15-16,20-21,24H,13-14H2,1-3H3,(H,25,28)(H,26,27);1H. The molecule has 6 heteroatoms. The lowest BCUT2D eigenvalue weighted by molar-refractivity contribution is -0.131. The van der Waals surface area contributed by atoms with Crippen LogP contribution in [0.15, 0.2) is 54.6 Å². The Balaban J connectivity index is 0.00000300. The molecule has 0 saturated carbocycles. The number of fused-ring (bicyclic) bond motifs is 1. The fourth-order valence-corrected chi connectivity index (χ4v) is 3.56. The molecule has 3 rings (SSSR count). The number of hydrogen-bond donors (Lipinski definition) is 3. The fourth-order valence-electron chi connectivity index (χ4n) is 3.56. The Morgan fingerprint density at radius 1 is 0.931 bits per heavy atom. The Bertz CT molecular complexity index is 826. The summed E-state index contributed by atoms with van der Waals surface area (Å²) in [6.07, 6.45) is 0.634. The van der Waals surface area contributed by atoms with Crippen LogP contribution in [-0.4, -0.2) is 23.9 Å². The summed E-state index contributed by atoms with van der Waals surface area (Å²) in [6, 6.07) is 16.9. The molecule has 3 atom stereocenters. The molecule has 0 bridgehead atoms. The normalized spacial score (nSPS) is 17.4. The van der Waals surface area contributed by atoms with E-state index in [0.717, 1.165) is 5.56 Å². The molecule has 0 aromatic heterocycles. The van der Waals surface area contributed by atoms with Crippen LogP contribution in [0.5, 0.6) is 0 Å². The van der Waals surface area contributed by atoms with E-state index >= 15 is 0 Å². The van der Waals surface area contributed by atoms with Gasteiger partial charge in [-0.15, -0.1) is 12.4 Å². The van der Waals surface area contributed by atoms with Crippen LogP contribution < -0.4 is 16.0 Å². The Hall–Kier alpha value is -2.37. The van der Waals surface area contributed by atoms with Crippen molar-refractivity contribution in [3.63, 3.8) is 0 Å². The van der Waals surface area contributed by atoms with Crippen molar-refractivity contribution in [2.45, 2.75) is 51.9 Å². The molecule has 156 valence electrons. The lowest BCUT2D eigenvalue weighted by Gasteiger charge is -2.29. The van der Waals surface area contributed by atoms with E-state index in [4.69, 9.17) is 0 Å². The van der Waals surface area contributed by atoms with Crippen LogP contribution >= 0.6 is 12.4 Å². The van der Waals surface area contributed by atoms with E-state index in [0.29, 0.717) is 13.0 Å². The number of halogens is 1. The van der Waals surface area contributed by atoms with Crippen molar-refractivity contribution in [2.24, 2.45) is 5.92 Å². The first-order chi connectivity index (χ1) is 13.5. The van der Waals surface area contributed by atoms with E-state index in [1.165, 1.54) is 11.1 Å². The van der Waals surface area contributed by atoms with Gasteiger partial charge in [-0.3, -0.25) is 9.59 Å². The van der Waals surface area contributed by atoms with Gasteiger partial charge in [0.15, 0.2) is 0 Å². The van der Waals surface area contributed by atoms with E-state index < -0.39 is 6.04 Å². The van der Waals surface area contributed by atoms with Crippen LogP contribution in [0.4, 0.5) is 0 Å². The third kappa shape index (κ3) is 5.81. The molecule has 2 amide bonds. The first-order valence-corrected chi connectivity index (χ1v) is 9.91. The van der Waals surface area contributed by atoms with E-state index in [-0.39, 0.29) is 42.2 Å². The van der Waals surface area contributed by atoms with Gasteiger partial charge in [-0.1, -0.05) is 68.4 Å². The van der Waals surface area contributed by atoms with Gasteiger partial charge in [-0.25, -0.2) is 0 Å². The van der Waals surface area contributed by atoms with Gasteiger partial charge in [0.2, 0.25) is 11.8 Å². The summed E-state index contributed by atoms with van der Waals surface area (Å²) in [5.41, 5.74) is 3.45. The summed E-state index contributed by atoms with van der Waals surface area (Å²) in [5.74, 6) is -0.297. The zero-order valence-corrected chi connectivity index (χ0v) is 18.0. The zero-order valence-electron chi connectivity index (χ0n) is 17.1. The summed E-state index contributed by atoms with van der Waals surface area (Å²) >= 11 is 0. The van der Waals surface area contributed by atoms with Crippen LogP contribution in [0.2, 0.25) is 0 Å². The molecule has 0 fully saturated rings. The Morgan fingerprint density at radius 2 is 1.55 bits per heavy atom. The maximum atomic E-state index is 12.8. The van der Waals surface area contributed by atoms with Crippen molar-refractivity contribution in [3.8, 4) is 0 Å². The number of carbonyl (C=O) groups is 2. The van der Waals surface area contributed by atoms with Crippen LogP contribution in [0.1, 0.15) is 43.5 Å². The highest BCUT2D eigenvalue weighted by Crippen LogP contribution is 2.17. The number of amides is 2. The number of benzene rings is 2. The minimum Gasteiger partial charge on any atom is -0.348 e. The van der Waals surface area contributed by atoms with Gasteiger partial charge in [0.05, 0.1) is 12.1 Å². The maximum absolute atomic E-state index is 12.8. The Kier molecular flexibility index (Phi) is 8.23. The van der Waals surface area contributed by atoms with Crippen LogP contribution in [0.3, 0.4) is 0 Å². The number of nitrogens with one attached hydrogen (secondary N) is 3. The van der Waals surface area contributed by atoms with Gasteiger partial charge < -0.3 is 16.0 Å². The molecular formula is C23H30ClN3O2. The molecule has 5 nitrogen and oxygen atoms in total. The van der Waals surface area contributed by atoms with Crippen LogP contribution in [-0.2, 0) is 22.6 Å². The second-order valence-electron chi connectivity index (χ2n) is 7.78. The smallest absolute Gasteiger partial charge is 0.243 e. The minimum atomic E-state index is -0.572. The quantitative estimate of drug-likeness (QED) is 0.678. The summed E-state index contributed by atoms with van der Waals surface area (Å²) in [6.45, 7) is 6.51. The third-order valence-electron chi connectivity index (χ3n) is 5.30. The van der Waals surface area contributed by atoms with Gasteiger partial charge in [0.1, 0.15) is 6.04 Å². The second-order valence-corrected chi connectivity index (χ2v) is 7.78. The van der Waals surface area contributed by atoms with Crippen molar-refractivity contribution >= 4 is 24.2 Å². The molecule has 0 radical (unpaired) electrons. The summed E-state index contributed by atoms with van der Waals surface area (Å²) < 4.78 is 0. The van der Waals surface area contributed by atoms with Gasteiger partial charge in [-0.2, -0.15) is 0 Å². The average molecular weight is 416 g/mol. The Labute approximate surface area is 179 Å². The van der Waals surface area contributed by atoms with Crippen molar-refractivity contribution in [2.75, 3.05) is 0 Å². The molecule has 3 unspecified atom stereocenters. The van der Waals surface area contributed by atoms with Crippen molar-refractivity contribution in [3.05, 3.63) is 71.3 Å². The second kappa shape index (κ2) is 10.4. The number of rotatable bonds is 6. The van der Waals surface area contributed by atoms with Gasteiger partial charge >= 0.3 is 0 Å². The number of carbonyl (C=O) groups excluding carboxylic acids is 2. The monoisotopic (exact) mass is 415 g/mol. The van der Waals surface area contributed by atoms with Gasteiger partial charge in [0, 0.05) is 6.54 Å². The first kappa shape index (κ1) is 22.9. The van der Waals surface area contributed by atoms with Crippen LogP contribution in [0.25, 0.3) is 0 Å². The fraction of sp³-hybridized carbons (Fsp3) is 0.391. The molecule has 3 N–H and O–H groups in total. The molecule has 0 saturated heterocycles. The highest BCUT2D eigenvalue weighted by Gasteiger charge is 2.30. The van der Waals surface area contributed by atoms with E-state index in [9.17, 15) is 9.59 Å². The molecule has 1 heterocycles. The number of hydrogen-bond acceptors (Lipinski definition) is 3. The SMILES string of the molecule is CC(NC(=O)C(NC(=O)C1Cc2ccccc2CN1)C(C)C)c1ccccc1.Cl. The Morgan fingerprint density at radius 3 is 2.21 bits per heavy atom. The third-order valence-corrected chi connectivity index (χ3v) is 5.30. The highest BCUT2D eigenvalue weighted by molar-refractivity contribution is 5.90. The van der Waals surface area contributed by atoms with Gasteiger partial charge in [0.25, 0.3) is 0 Å². The van der Waals surface area contributed by atoms with Gasteiger partial charge in [-0.05, 0) is 36.0 Å². The minimum absolute atomic E-state index is 0. The highest BCUT2D eigenvalue weighted by atomic mass is 35.5. The molecule has 0 spiro atoms. The molecule has 0 aliphatic carbocycles. The molecular weight excluding hydrogens is 386 g/mol. The van der Waals surface area contributed by atoms with E-state index in [1.54, 1.807) is 0 Å². The molecule has 1 aliphatic rings. The van der Waals surface area contributed by atoms with E-state index in [2.05, 4.69) is 28.1 Å². The largest absolute Gasteiger partial charge is 0.348 e. The predicted molar refractivity (Wildman–Crippen MR) is 118 cm³/mol.